The smallest absolute Gasteiger partial charge is 0.528 e. The first-order chi connectivity index (χ1) is 12.4. The molecule has 0 aromatic heterocycles. The zero-order valence-electron chi connectivity index (χ0n) is 14.7. The van der Waals surface area contributed by atoms with Gasteiger partial charge in [-0.2, -0.15) is 0 Å². The molecule has 0 amide bonds. The highest BCUT2D eigenvalue weighted by molar-refractivity contribution is 6.20. The molecule has 2 aliphatic heterocycles. The highest BCUT2D eigenvalue weighted by Gasteiger charge is 2.14. The topological polar surface area (TPSA) is 24.9 Å². The Morgan fingerprint density at radius 1 is 0.640 bits per heavy atom. The van der Waals surface area contributed by atoms with Gasteiger partial charge in [0.05, 0.1) is 0 Å². The summed E-state index contributed by atoms with van der Waals surface area (Å²) in [5, 5.41) is 0. The van der Waals surface area contributed by atoms with Crippen LogP contribution >= 0.6 is 0 Å². The van der Waals surface area contributed by atoms with Crippen molar-refractivity contribution in [3.05, 3.63) is 48.5 Å². The van der Waals surface area contributed by atoms with E-state index >= 15 is 0 Å². The largest absolute Gasteiger partial charge is 0.576 e. The molecule has 2 aromatic rings. The van der Waals surface area contributed by atoms with Gasteiger partial charge in [-0.05, 0) is 49.9 Å². The number of hydrogen-bond acceptors (Lipinski definition) is 4. The minimum atomic E-state index is 0.229. The maximum absolute atomic E-state index is 5.81. The van der Waals surface area contributed by atoms with Crippen LogP contribution in [0.15, 0.2) is 48.5 Å². The fourth-order valence-electron chi connectivity index (χ4n) is 3.66. The summed E-state index contributed by atoms with van der Waals surface area (Å²) >= 11 is 0. The molecule has 0 atom stereocenters. The molecule has 0 bridgehead atoms. The number of rotatable bonds is 6. The number of nitrogens with zero attached hydrogens (tertiary/aromatic N) is 2. The first-order valence-corrected chi connectivity index (χ1v) is 9.34. The van der Waals surface area contributed by atoms with Crippen LogP contribution in [0.1, 0.15) is 25.7 Å². The van der Waals surface area contributed by atoms with Gasteiger partial charge in [-0.15, -0.1) is 0 Å². The van der Waals surface area contributed by atoms with Gasteiger partial charge >= 0.3 is 7.69 Å². The molecule has 5 heteroatoms. The molecule has 25 heavy (non-hydrogen) atoms. The molecule has 0 N–H and O–H groups in total. The summed E-state index contributed by atoms with van der Waals surface area (Å²) in [6.45, 7) is 4.57. The van der Waals surface area contributed by atoms with E-state index in [9.17, 15) is 0 Å². The third-order valence-corrected chi connectivity index (χ3v) is 5.03. The molecular formula is C20H25BN2O2. The van der Waals surface area contributed by atoms with Crippen molar-refractivity contribution in [2.24, 2.45) is 0 Å². The molecule has 2 aromatic carbocycles. The molecule has 4 rings (SSSR count). The van der Waals surface area contributed by atoms with Gasteiger partial charge < -0.3 is 19.1 Å². The van der Waals surface area contributed by atoms with Crippen molar-refractivity contribution < 1.29 is 9.31 Å². The molecule has 2 heterocycles. The molecule has 0 aliphatic carbocycles. The molecule has 0 spiro atoms. The van der Waals surface area contributed by atoms with E-state index in [2.05, 4.69) is 46.2 Å². The van der Waals surface area contributed by atoms with E-state index in [-0.39, 0.29) is 7.69 Å². The van der Waals surface area contributed by atoms with Crippen molar-refractivity contribution in [1.82, 2.24) is 0 Å². The van der Waals surface area contributed by atoms with Crippen LogP contribution in [0.3, 0.4) is 0 Å². The predicted molar refractivity (Wildman–Crippen MR) is 104 cm³/mol. The van der Waals surface area contributed by atoms with Gasteiger partial charge in [0.15, 0.2) is 0 Å². The van der Waals surface area contributed by atoms with Gasteiger partial charge in [0.1, 0.15) is 11.5 Å². The van der Waals surface area contributed by atoms with Crippen molar-refractivity contribution >= 4 is 19.1 Å². The van der Waals surface area contributed by atoms with Crippen LogP contribution in [0.4, 0.5) is 11.4 Å². The average molecular weight is 336 g/mol. The van der Waals surface area contributed by atoms with Crippen molar-refractivity contribution in [3.8, 4) is 11.5 Å². The lowest BCUT2D eigenvalue weighted by Gasteiger charge is -2.19. The van der Waals surface area contributed by atoms with Crippen LogP contribution < -0.4 is 19.1 Å². The Morgan fingerprint density at radius 2 is 1.08 bits per heavy atom. The van der Waals surface area contributed by atoms with Gasteiger partial charge in [-0.3, -0.25) is 0 Å². The summed E-state index contributed by atoms with van der Waals surface area (Å²) in [6, 6.07) is 16.6. The van der Waals surface area contributed by atoms with Gasteiger partial charge in [-0.1, -0.05) is 12.1 Å². The van der Waals surface area contributed by atoms with Crippen LogP contribution in [-0.2, 0) is 0 Å². The third kappa shape index (κ3) is 4.03. The number of hydrogen-bond donors (Lipinski definition) is 0. The zero-order valence-corrected chi connectivity index (χ0v) is 14.7. The van der Waals surface area contributed by atoms with E-state index in [0.717, 1.165) is 37.7 Å². The second-order valence-electron chi connectivity index (χ2n) is 6.79. The first-order valence-electron chi connectivity index (χ1n) is 9.34. The second-order valence-corrected chi connectivity index (χ2v) is 6.79. The molecule has 130 valence electrons. The predicted octanol–water partition coefficient (Wildman–Crippen LogP) is 3.61. The van der Waals surface area contributed by atoms with E-state index in [1.807, 2.05) is 12.1 Å². The van der Waals surface area contributed by atoms with Crippen LogP contribution in [0.25, 0.3) is 0 Å². The lowest BCUT2D eigenvalue weighted by Crippen LogP contribution is -2.18. The fraction of sp³-hybridized carbons (Fsp3) is 0.400. The Hall–Kier alpha value is -2.30. The summed E-state index contributed by atoms with van der Waals surface area (Å²) in [5.41, 5.74) is 2.48. The maximum atomic E-state index is 5.81. The van der Waals surface area contributed by atoms with E-state index in [1.165, 1.54) is 37.1 Å². The molecule has 2 aliphatic rings. The van der Waals surface area contributed by atoms with Crippen molar-refractivity contribution in [2.75, 3.05) is 36.0 Å². The van der Waals surface area contributed by atoms with Gasteiger partial charge in [0.2, 0.25) is 0 Å². The van der Waals surface area contributed by atoms with Crippen LogP contribution in [-0.4, -0.2) is 33.9 Å². The molecule has 2 fully saturated rings. The minimum Gasteiger partial charge on any atom is -0.528 e. The summed E-state index contributed by atoms with van der Waals surface area (Å²) in [7, 11) is 0.229. The Labute approximate surface area is 150 Å². The first kappa shape index (κ1) is 16.2. The summed E-state index contributed by atoms with van der Waals surface area (Å²) in [5.74, 6) is 1.72. The average Bonchev–Trinajstić information content (AvgIpc) is 3.36. The van der Waals surface area contributed by atoms with Gasteiger partial charge in [0.25, 0.3) is 0 Å². The summed E-state index contributed by atoms with van der Waals surface area (Å²) in [4.78, 5) is 4.82. The van der Waals surface area contributed by atoms with Gasteiger partial charge in [0, 0.05) is 49.7 Å². The molecular weight excluding hydrogens is 311 g/mol. The SMILES string of the molecule is B(Oc1cccc(N2CCCC2)c1)Oc1cccc(N2CCCC2)c1. The standard InChI is InChI=1S/C20H25BN2O2/c1-2-12-22(11-1)17-7-5-9-19(15-17)24-21-25-20-10-6-8-18(16-20)23-13-3-4-14-23/h5-10,15-16,21H,1-4,11-14H2. The monoisotopic (exact) mass is 336 g/mol. The summed E-state index contributed by atoms with van der Waals surface area (Å²) in [6.07, 6.45) is 5.12. The second kappa shape index (κ2) is 7.73. The van der Waals surface area contributed by atoms with E-state index < -0.39 is 0 Å². The Bertz CT molecular complexity index is 638. The highest BCUT2D eigenvalue weighted by atomic mass is 16.6. The van der Waals surface area contributed by atoms with Crippen LogP contribution in [0, 0.1) is 0 Å². The van der Waals surface area contributed by atoms with E-state index in [4.69, 9.17) is 9.31 Å². The molecule has 0 saturated carbocycles. The normalized spacial score (nSPS) is 17.0. The minimum absolute atomic E-state index is 0.229. The molecule has 0 unspecified atom stereocenters. The van der Waals surface area contributed by atoms with Crippen molar-refractivity contribution in [2.45, 2.75) is 25.7 Å². The molecule has 4 nitrogen and oxygen atoms in total. The van der Waals surface area contributed by atoms with Crippen molar-refractivity contribution in [3.63, 3.8) is 0 Å². The Morgan fingerprint density at radius 3 is 1.52 bits per heavy atom. The highest BCUT2D eigenvalue weighted by Crippen LogP contribution is 2.26. The lowest BCUT2D eigenvalue weighted by molar-refractivity contribution is 0.459. The van der Waals surface area contributed by atoms with E-state index in [1.54, 1.807) is 0 Å². The lowest BCUT2D eigenvalue weighted by atomic mass is 10.2. The zero-order chi connectivity index (χ0) is 16.9. The van der Waals surface area contributed by atoms with E-state index in [0.29, 0.717) is 0 Å². The molecule has 2 saturated heterocycles. The summed E-state index contributed by atoms with van der Waals surface area (Å²) < 4.78 is 11.6. The Kier molecular flexibility index (Phi) is 5.00. The maximum Gasteiger partial charge on any atom is 0.576 e. The quantitative estimate of drug-likeness (QED) is 0.753. The van der Waals surface area contributed by atoms with Crippen molar-refractivity contribution in [1.29, 1.82) is 0 Å². The van der Waals surface area contributed by atoms with Gasteiger partial charge in [-0.25, -0.2) is 0 Å². The number of benzene rings is 2. The molecule has 0 radical (unpaired) electrons. The third-order valence-electron chi connectivity index (χ3n) is 5.03. The Balaban J connectivity index is 1.33. The fourth-order valence-corrected chi connectivity index (χ4v) is 3.66. The number of anilines is 2. The van der Waals surface area contributed by atoms with Crippen LogP contribution in [0.2, 0.25) is 0 Å². The van der Waals surface area contributed by atoms with Crippen LogP contribution in [0.5, 0.6) is 11.5 Å².